The molecule has 1 N–H and O–H groups in total. The number of morpholine rings is 1. The number of hydrogen-bond acceptors (Lipinski definition) is 3. The molecule has 29 heavy (non-hydrogen) atoms. The van der Waals surface area contributed by atoms with Crippen LogP contribution in [0.15, 0.2) is 48.5 Å². The highest BCUT2D eigenvalue weighted by Gasteiger charge is 2.45. The minimum atomic E-state index is -1.06. The SMILES string of the molecule is CCCC(N1C(=O)CO[C@H](c2ccc(Cl)cc2)[C@@H]1c1ccc(Cl)cc1)C(C)(C)O. The molecule has 1 fully saturated rings. The molecule has 0 radical (unpaired) electrons. The summed E-state index contributed by atoms with van der Waals surface area (Å²) in [6.07, 6.45) is 1.15. The molecule has 1 amide bonds. The number of carbonyl (C=O) groups is 1. The fraction of sp³-hybridized carbons (Fsp3) is 0.435. The second-order valence-corrected chi connectivity index (χ2v) is 8.91. The van der Waals surface area contributed by atoms with E-state index in [4.69, 9.17) is 27.9 Å². The summed E-state index contributed by atoms with van der Waals surface area (Å²) in [5, 5.41) is 12.2. The Hall–Kier alpha value is -1.59. The molecule has 0 aromatic heterocycles. The summed E-state index contributed by atoms with van der Waals surface area (Å²) in [5.41, 5.74) is 0.781. The summed E-state index contributed by atoms with van der Waals surface area (Å²) in [6.45, 7) is 5.53. The molecule has 1 heterocycles. The number of ether oxygens (including phenoxy) is 1. The second kappa shape index (κ2) is 9.05. The summed E-state index contributed by atoms with van der Waals surface area (Å²) in [7, 11) is 0. The van der Waals surface area contributed by atoms with E-state index < -0.39 is 11.6 Å². The van der Waals surface area contributed by atoms with Crippen molar-refractivity contribution in [2.75, 3.05) is 6.61 Å². The zero-order valence-corrected chi connectivity index (χ0v) is 18.5. The normalized spacial score (nSPS) is 21.3. The molecule has 0 saturated carbocycles. The maximum Gasteiger partial charge on any atom is 0.249 e. The molecular weight excluding hydrogens is 409 g/mol. The monoisotopic (exact) mass is 435 g/mol. The summed E-state index contributed by atoms with van der Waals surface area (Å²) >= 11 is 12.2. The van der Waals surface area contributed by atoms with Crippen molar-refractivity contribution in [1.29, 1.82) is 0 Å². The van der Waals surface area contributed by atoms with Gasteiger partial charge in [0.2, 0.25) is 5.91 Å². The first-order chi connectivity index (χ1) is 13.7. The van der Waals surface area contributed by atoms with Gasteiger partial charge in [-0.05, 0) is 55.7 Å². The minimum Gasteiger partial charge on any atom is -0.388 e. The summed E-state index contributed by atoms with van der Waals surface area (Å²) in [6, 6.07) is 14.2. The Kier molecular flexibility index (Phi) is 6.90. The lowest BCUT2D eigenvalue weighted by molar-refractivity contribution is -0.173. The number of rotatable bonds is 6. The van der Waals surface area contributed by atoms with Gasteiger partial charge in [0.05, 0.1) is 17.7 Å². The fourth-order valence-electron chi connectivity index (χ4n) is 4.03. The second-order valence-electron chi connectivity index (χ2n) is 8.04. The maximum absolute atomic E-state index is 13.1. The first-order valence-electron chi connectivity index (χ1n) is 9.88. The van der Waals surface area contributed by atoms with Crippen molar-refractivity contribution >= 4 is 29.1 Å². The van der Waals surface area contributed by atoms with Crippen LogP contribution in [0.25, 0.3) is 0 Å². The number of nitrogens with zero attached hydrogens (tertiary/aromatic N) is 1. The number of hydrogen-bond donors (Lipinski definition) is 1. The topological polar surface area (TPSA) is 49.8 Å². The Bertz CT molecular complexity index is 831. The first kappa shape index (κ1) is 22.1. The van der Waals surface area contributed by atoms with E-state index in [0.717, 1.165) is 17.5 Å². The average Bonchev–Trinajstić information content (AvgIpc) is 2.67. The predicted molar refractivity (Wildman–Crippen MR) is 116 cm³/mol. The van der Waals surface area contributed by atoms with E-state index in [0.29, 0.717) is 16.5 Å². The molecule has 0 aliphatic carbocycles. The largest absolute Gasteiger partial charge is 0.388 e. The van der Waals surface area contributed by atoms with E-state index in [2.05, 4.69) is 6.92 Å². The molecule has 2 aromatic rings. The quantitative estimate of drug-likeness (QED) is 0.644. The van der Waals surface area contributed by atoms with Gasteiger partial charge in [0.1, 0.15) is 12.7 Å². The van der Waals surface area contributed by atoms with E-state index in [1.54, 1.807) is 13.8 Å². The standard InChI is InChI=1S/C23H27Cl2NO3/c1-4-5-19(23(2,3)28)26-20(27)14-29-22(16-8-12-18(25)13-9-16)21(26)15-6-10-17(24)11-7-15/h6-13,19,21-22,28H,4-5,14H2,1-3H3/t19?,21-,22+/m0/s1. The van der Waals surface area contributed by atoms with Crippen LogP contribution >= 0.6 is 23.2 Å². The van der Waals surface area contributed by atoms with Crippen molar-refractivity contribution < 1.29 is 14.6 Å². The van der Waals surface area contributed by atoms with E-state index >= 15 is 0 Å². The van der Waals surface area contributed by atoms with Gasteiger partial charge in [0.15, 0.2) is 0 Å². The van der Waals surface area contributed by atoms with Gasteiger partial charge in [0, 0.05) is 10.0 Å². The van der Waals surface area contributed by atoms with Crippen LogP contribution in [-0.4, -0.2) is 34.2 Å². The van der Waals surface area contributed by atoms with Crippen LogP contribution in [0.2, 0.25) is 10.0 Å². The number of carbonyl (C=O) groups excluding carboxylic acids is 1. The van der Waals surface area contributed by atoms with E-state index in [1.165, 1.54) is 0 Å². The number of benzene rings is 2. The molecule has 4 nitrogen and oxygen atoms in total. The van der Waals surface area contributed by atoms with Crippen molar-refractivity contribution in [3.8, 4) is 0 Å². The molecule has 1 aliphatic rings. The highest BCUT2D eigenvalue weighted by atomic mass is 35.5. The van der Waals surface area contributed by atoms with Crippen molar-refractivity contribution in [3.63, 3.8) is 0 Å². The third-order valence-electron chi connectivity index (χ3n) is 5.38. The number of halogens is 2. The van der Waals surface area contributed by atoms with Gasteiger partial charge >= 0.3 is 0 Å². The Morgan fingerprint density at radius 1 is 1.07 bits per heavy atom. The Labute approximate surface area is 182 Å². The van der Waals surface area contributed by atoms with Crippen LogP contribution in [0.1, 0.15) is 56.9 Å². The Morgan fingerprint density at radius 3 is 2.07 bits per heavy atom. The van der Waals surface area contributed by atoms with Crippen LogP contribution in [0, 0.1) is 0 Å². The van der Waals surface area contributed by atoms with Crippen LogP contribution < -0.4 is 0 Å². The lowest BCUT2D eigenvalue weighted by Crippen LogP contribution is -2.57. The summed E-state index contributed by atoms with van der Waals surface area (Å²) < 4.78 is 6.04. The van der Waals surface area contributed by atoms with Crippen LogP contribution in [0.4, 0.5) is 0 Å². The highest BCUT2D eigenvalue weighted by Crippen LogP contribution is 2.43. The Balaban J connectivity index is 2.13. The lowest BCUT2D eigenvalue weighted by atomic mass is 9.86. The smallest absolute Gasteiger partial charge is 0.249 e. The van der Waals surface area contributed by atoms with E-state index in [1.807, 2.05) is 53.4 Å². The molecular formula is C23H27Cl2NO3. The molecule has 0 spiro atoms. The van der Waals surface area contributed by atoms with Gasteiger partial charge in [0.25, 0.3) is 0 Å². The van der Waals surface area contributed by atoms with Gasteiger partial charge in [-0.3, -0.25) is 4.79 Å². The third-order valence-corrected chi connectivity index (χ3v) is 5.89. The predicted octanol–water partition coefficient (Wildman–Crippen LogP) is 5.57. The molecule has 0 bridgehead atoms. The first-order valence-corrected chi connectivity index (χ1v) is 10.6. The van der Waals surface area contributed by atoms with Gasteiger partial charge < -0.3 is 14.7 Å². The van der Waals surface area contributed by atoms with Crippen molar-refractivity contribution in [1.82, 2.24) is 4.90 Å². The fourth-order valence-corrected chi connectivity index (χ4v) is 4.28. The molecule has 1 aliphatic heterocycles. The van der Waals surface area contributed by atoms with E-state index in [9.17, 15) is 9.90 Å². The maximum atomic E-state index is 13.1. The average molecular weight is 436 g/mol. The van der Waals surface area contributed by atoms with Crippen molar-refractivity contribution in [2.24, 2.45) is 0 Å². The van der Waals surface area contributed by atoms with Gasteiger partial charge in [-0.2, -0.15) is 0 Å². The molecule has 156 valence electrons. The zero-order chi connectivity index (χ0) is 21.2. The minimum absolute atomic E-state index is 0.0341. The molecule has 3 rings (SSSR count). The van der Waals surface area contributed by atoms with Crippen LogP contribution in [0.3, 0.4) is 0 Å². The van der Waals surface area contributed by atoms with Crippen molar-refractivity contribution in [3.05, 3.63) is 69.7 Å². The zero-order valence-electron chi connectivity index (χ0n) is 16.9. The molecule has 2 aromatic carbocycles. The summed E-state index contributed by atoms with van der Waals surface area (Å²) in [4.78, 5) is 14.9. The third kappa shape index (κ3) is 4.95. The van der Waals surface area contributed by atoms with Crippen molar-refractivity contribution in [2.45, 2.75) is 57.4 Å². The number of amides is 1. The van der Waals surface area contributed by atoms with Gasteiger partial charge in [-0.15, -0.1) is 0 Å². The number of aliphatic hydroxyl groups is 1. The summed E-state index contributed by atoms with van der Waals surface area (Å²) in [5.74, 6) is -0.129. The molecule has 1 saturated heterocycles. The van der Waals surface area contributed by atoms with E-state index in [-0.39, 0.29) is 24.7 Å². The molecule has 3 atom stereocenters. The lowest BCUT2D eigenvalue weighted by Gasteiger charge is -2.48. The highest BCUT2D eigenvalue weighted by molar-refractivity contribution is 6.30. The van der Waals surface area contributed by atoms with Gasteiger partial charge in [-0.1, -0.05) is 60.8 Å². The Morgan fingerprint density at radius 2 is 1.59 bits per heavy atom. The molecule has 1 unspecified atom stereocenters. The van der Waals surface area contributed by atoms with Gasteiger partial charge in [-0.25, -0.2) is 0 Å². The molecule has 6 heteroatoms. The van der Waals surface area contributed by atoms with Crippen LogP contribution in [-0.2, 0) is 9.53 Å². The van der Waals surface area contributed by atoms with Crippen LogP contribution in [0.5, 0.6) is 0 Å².